The monoisotopic (exact) mass is 390 g/mol. The van der Waals surface area contributed by atoms with Crippen molar-refractivity contribution in [2.24, 2.45) is 0 Å². The summed E-state index contributed by atoms with van der Waals surface area (Å²) >= 11 is 0. The third kappa shape index (κ3) is 5.73. The Morgan fingerprint density at radius 3 is 2.66 bits per heavy atom. The van der Waals surface area contributed by atoms with Crippen LogP contribution < -0.4 is 0 Å². The SMILES string of the molecule is Cc1ccc(C(=O)c2cccn2C/C=C/c2cccc(COCC(=O)O)n2)cc1. The molecule has 0 saturated carbocycles. The first kappa shape index (κ1) is 20.2. The van der Waals surface area contributed by atoms with Crippen LogP contribution in [-0.4, -0.2) is 33.0 Å². The molecule has 0 aliphatic carbocycles. The van der Waals surface area contributed by atoms with Gasteiger partial charge < -0.3 is 14.4 Å². The highest BCUT2D eigenvalue weighted by Gasteiger charge is 2.12. The summed E-state index contributed by atoms with van der Waals surface area (Å²) in [5.41, 5.74) is 3.80. The number of allylic oxidation sites excluding steroid dienone is 1. The maximum atomic E-state index is 12.8. The maximum absolute atomic E-state index is 12.8. The minimum absolute atomic E-state index is 0.0147. The normalized spacial score (nSPS) is 11.1. The number of hydrogen-bond donors (Lipinski definition) is 1. The highest BCUT2D eigenvalue weighted by Crippen LogP contribution is 2.13. The van der Waals surface area contributed by atoms with Crippen LogP contribution in [0.2, 0.25) is 0 Å². The Kier molecular flexibility index (Phi) is 6.71. The zero-order valence-corrected chi connectivity index (χ0v) is 16.1. The molecule has 0 fully saturated rings. The van der Waals surface area contributed by atoms with E-state index in [1.54, 1.807) is 6.07 Å². The lowest BCUT2D eigenvalue weighted by atomic mass is 10.1. The average Bonchev–Trinajstić information content (AvgIpc) is 3.17. The lowest BCUT2D eigenvalue weighted by Gasteiger charge is -2.06. The molecular weight excluding hydrogens is 368 g/mol. The highest BCUT2D eigenvalue weighted by atomic mass is 16.5. The molecule has 0 aliphatic heterocycles. The Morgan fingerprint density at radius 1 is 1.10 bits per heavy atom. The predicted molar refractivity (Wildman–Crippen MR) is 110 cm³/mol. The lowest BCUT2D eigenvalue weighted by Crippen LogP contribution is -2.09. The Labute approximate surface area is 169 Å². The number of carbonyl (C=O) groups is 2. The van der Waals surface area contributed by atoms with Gasteiger partial charge in [-0.05, 0) is 37.3 Å². The molecule has 29 heavy (non-hydrogen) atoms. The highest BCUT2D eigenvalue weighted by molar-refractivity contribution is 6.08. The second-order valence-electron chi connectivity index (χ2n) is 6.58. The van der Waals surface area contributed by atoms with Crippen LogP contribution in [0.25, 0.3) is 6.08 Å². The average molecular weight is 390 g/mol. The first-order valence-corrected chi connectivity index (χ1v) is 9.21. The summed E-state index contributed by atoms with van der Waals surface area (Å²) in [5, 5.41) is 8.62. The number of nitrogens with zero attached hydrogens (tertiary/aromatic N) is 2. The van der Waals surface area contributed by atoms with Crippen LogP contribution in [0.5, 0.6) is 0 Å². The predicted octanol–water partition coefficient (Wildman–Crippen LogP) is 3.74. The van der Waals surface area contributed by atoms with Gasteiger partial charge in [0.25, 0.3) is 0 Å². The number of aromatic nitrogens is 2. The molecular formula is C23H22N2O4. The van der Waals surface area contributed by atoms with Crippen molar-refractivity contribution in [2.75, 3.05) is 6.61 Å². The van der Waals surface area contributed by atoms with E-state index < -0.39 is 5.97 Å². The van der Waals surface area contributed by atoms with Crippen LogP contribution in [0.3, 0.4) is 0 Å². The number of carboxylic acids is 1. The van der Waals surface area contributed by atoms with E-state index in [0.717, 1.165) is 11.3 Å². The van der Waals surface area contributed by atoms with E-state index in [1.165, 1.54) is 0 Å². The van der Waals surface area contributed by atoms with Crippen LogP contribution in [0.1, 0.15) is 33.0 Å². The molecule has 6 nitrogen and oxygen atoms in total. The zero-order chi connectivity index (χ0) is 20.6. The molecule has 0 saturated heterocycles. The molecule has 0 amide bonds. The molecule has 1 N–H and O–H groups in total. The summed E-state index contributed by atoms with van der Waals surface area (Å²) < 4.78 is 6.95. The van der Waals surface area contributed by atoms with E-state index in [1.807, 2.05) is 78.4 Å². The van der Waals surface area contributed by atoms with E-state index in [9.17, 15) is 9.59 Å². The smallest absolute Gasteiger partial charge is 0.329 e. The number of ketones is 1. The standard InChI is InChI=1S/C23H22N2O4/c1-17-9-11-18(12-10-17)23(28)21-8-4-14-25(21)13-3-7-19-5-2-6-20(24-19)15-29-16-22(26)27/h2-12,14H,13,15-16H2,1H3,(H,26,27)/b7-3+. The number of rotatable bonds is 9. The van der Waals surface area contributed by atoms with Gasteiger partial charge in [-0.1, -0.05) is 42.0 Å². The zero-order valence-electron chi connectivity index (χ0n) is 16.1. The van der Waals surface area contributed by atoms with Gasteiger partial charge in [-0.25, -0.2) is 4.79 Å². The molecule has 0 unspecified atom stereocenters. The summed E-state index contributed by atoms with van der Waals surface area (Å²) in [4.78, 5) is 27.7. The number of aryl methyl sites for hydroxylation is 1. The van der Waals surface area contributed by atoms with Crippen molar-refractivity contribution in [1.29, 1.82) is 0 Å². The number of carboxylic acid groups (broad SMARTS) is 1. The Bertz CT molecular complexity index is 1020. The van der Waals surface area contributed by atoms with E-state index in [4.69, 9.17) is 9.84 Å². The summed E-state index contributed by atoms with van der Waals surface area (Å²) in [6.07, 6.45) is 5.66. The fourth-order valence-corrected chi connectivity index (χ4v) is 2.83. The van der Waals surface area contributed by atoms with Crippen LogP contribution >= 0.6 is 0 Å². The van der Waals surface area contributed by atoms with Gasteiger partial charge in [0.05, 0.1) is 23.7 Å². The third-order valence-corrected chi connectivity index (χ3v) is 4.27. The van der Waals surface area contributed by atoms with Gasteiger partial charge in [-0.2, -0.15) is 0 Å². The van der Waals surface area contributed by atoms with Crippen molar-refractivity contribution in [3.8, 4) is 0 Å². The molecule has 148 valence electrons. The Hall–Kier alpha value is -3.51. The van der Waals surface area contributed by atoms with Crippen molar-refractivity contribution >= 4 is 17.8 Å². The second-order valence-corrected chi connectivity index (χ2v) is 6.58. The number of carbonyl (C=O) groups excluding carboxylic acids is 1. The maximum Gasteiger partial charge on any atom is 0.329 e. The fourth-order valence-electron chi connectivity index (χ4n) is 2.83. The van der Waals surface area contributed by atoms with E-state index in [0.29, 0.717) is 23.5 Å². The first-order valence-electron chi connectivity index (χ1n) is 9.21. The first-order chi connectivity index (χ1) is 14.0. The molecule has 0 radical (unpaired) electrons. The van der Waals surface area contributed by atoms with Crippen LogP contribution in [0, 0.1) is 6.92 Å². The van der Waals surface area contributed by atoms with Crippen molar-refractivity contribution in [3.63, 3.8) is 0 Å². The Morgan fingerprint density at radius 2 is 1.90 bits per heavy atom. The van der Waals surface area contributed by atoms with Gasteiger partial charge in [0.15, 0.2) is 0 Å². The lowest BCUT2D eigenvalue weighted by molar-refractivity contribution is -0.142. The van der Waals surface area contributed by atoms with Crippen LogP contribution in [0.4, 0.5) is 0 Å². The third-order valence-electron chi connectivity index (χ3n) is 4.27. The molecule has 3 aromatic rings. The number of hydrogen-bond acceptors (Lipinski definition) is 4. The molecule has 1 aromatic carbocycles. The molecule has 3 rings (SSSR count). The summed E-state index contributed by atoms with van der Waals surface area (Å²) in [7, 11) is 0. The molecule has 0 bridgehead atoms. The quantitative estimate of drug-likeness (QED) is 0.563. The van der Waals surface area contributed by atoms with E-state index in [-0.39, 0.29) is 19.0 Å². The van der Waals surface area contributed by atoms with Crippen molar-refractivity contribution in [2.45, 2.75) is 20.1 Å². The van der Waals surface area contributed by atoms with Crippen molar-refractivity contribution < 1.29 is 19.4 Å². The van der Waals surface area contributed by atoms with Gasteiger partial charge in [-0.3, -0.25) is 9.78 Å². The topological polar surface area (TPSA) is 81.4 Å². The van der Waals surface area contributed by atoms with Gasteiger partial charge in [0.2, 0.25) is 5.78 Å². The van der Waals surface area contributed by atoms with Crippen LogP contribution in [-0.2, 0) is 22.7 Å². The fraction of sp³-hybridized carbons (Fsp3) is 0.174. The summed E-state index contributed by atoms with van der Waals surface area (Å²) in [6.45, 7) is 2.30. The number of benzene rings is 1. The van der Waals surface area contributed by atoms with E-state index in [2.05, 4.69) is 4.98 Å². The number of pyridine rings is 1. The molecule has 6 heteroatoms. The van der Waals surface area contributed by atoms with Gasteiger partial charge in [0, 0.05) is 18.3 Å². The van der Waals surface area contributed by atoms with Gasteiger partial charge >= 0.3 is 5.97 Å². The van der Waals surface area contributed by atoms with Gasteiger partial charge in [-0.15, -0.1) is 0 Å². The van der Waals surface area contributed by atoms with Crippen LogP contribution in [0.15, 0.2) is 66.9 Å². The largest absolute Gasteiger partial charge is 0.480 e. The van der Waals surface area contributed by atoms with E-state index >= 15 is 0 Å². The number of aliphatic carboxylic acids is 1. The Balaban J connectivity index is 1.64. The number of ether oxygens (including phenoxy) is 1. The second kappa shape index (κ2) is 9.61. The molecule has 0 spiro atoms. The van der Waals surface area contributed by atoms with Crippen molar-refractivity contribution in [3.05, 3.63) is 95.1 Å². The van der Waals surface area contributed by atoms with Crippen molar-refractivity contribution in [1.82, 2.24) is 9.55 Å². The minimum atomic E-state index is -1.01. The minimum Gasteiger partial charge on any atom is -0.480 e. The summed E-state index contributed by atoms with van der Waals surface area (Å²) in [5.74, 6) is -1.03. The molecule has 0 aliphatic rings. The molecule has 2 heterocycles. The molecule has 0 atom stereocenters. The molecule has 2 aromatic heterocycles. The summed E-state index contributed by atoms with van der Waals surface area (Å²) in [6, 6.07) is 16.7. The van der Waals surface area contributed by atoms with Gasteiger partial charge in [0.1, 0.15) is 6.61 Å².